The first-order chi connectivity index (χ1) is 13.4. The third-order valence-electron chi connectivity index (χ3n) is 4.22. The summed E-state index contributed by atoms with van der Waals surface area (Å²) in [6.07, 6.45) is 0. The molecule has 0 atom stereocenters. The van der Waals surface area contributed by atoms with E-state index in [2.05, 4.69) is 97.8 Å². The molecule has 1 nitrogen and oxygen atoms in total. The van der Waals surface area contributed by atoms with Crippen LogP contribution in [0.2, 0.25) is 19.6 Å². The first kappa shape index (κ1) is 19.4. The number of hydrogen-bond donors (Lipinski definition) is 0. The van der Waals surface area contributed by atoms with Crippen molar-refractivity contribution in [3.63, 3.8) is 0 Å². The van der Waals surface area contributed by atoms with E-state index < -0.39 is 8.07 Å². The molecule has 0 amide bonds. The van der Waals surface area contributed by atoms with Crippen molar-refractivity contribution in [3.8, 4) is 17.9 Å². The molecule has 0 aliphatic carbocycles. The number of hydrogen-bond acceptors (Lipinski definition) is 1. The molecule has 28 heavy (non-hydrogen) atoms. The van der Waals surface area contributed by atoms with Crippen molar-refractivity contribution in [2.75, 3.05) is 0 Å². The van der Waals surface area contributed by atoms with Crippen molar-refractivity contribution in [2.24, 2.45) is 0 Å². The summed E-state index contributed by atoms with van der Waals surface area (Å²) in [5.41, 5.74) is 8.77. The Morgan fingerprint density at radius 1 is 0.679 bits per heavy atom. The normalized spacial score (nSPS) is 11.3. The van der Waals surface area contributed by atoms with Gasteiger partial charge in [0.2, 0.25) is 0 Å². The lowest BCUT2D eigenvalue weighted by atomic mass is 9.98. The van der Waals surface area contributed by atoms with Crippen molar-refractivity contribution in [2.45, 2.75) is 19.6 Å². The number of benzene rings is 3. The van der Waals surface area contributed by atoms with Crippen molar-refractivity contribution in [1.82, 2.24) is 0 Å². The van der Waals surface area contributed by atoms with Crippen LogP contribution in [0.4, 0.5) is 0 Å². The van der Waals surface area contributed by atoms with Gasteiger partial charge in [0.15, 0.2) is 0 Å². The zero-order valence-corrected chi connectivity index (χ0v) is 17.5. The molecule has 136 valence electrons. The Bertz CT molecular complexity index is 1070. The molecule has 3 aromatic rings. The van der Waals surface area contributed by atoms with Crippen molar-refractivity contribution in [3.05, 3.63) is 112 Å². The van der Waals surface area contributed by atoms with Crippen molar-refractivity contribution in [1.29, 1.82) is 5.26 Å². The van der Waals surface area contributed by atoms with E-state index in [1.807, 2.05) is 12.1 Å². The maximum Gasteiger partial charge on any atom is 0.0991 e. The van der Waals surface area contributed by atoms with Gasteiger partial charge in [0, 0.05) is 11.1 Å². The zero-order valence-electron chi connectivity index (χ0n) is 16.5. The lowest BCUT2D eigenvalue weighted by Gasteiger charge is -2.16. The first-order valence-electron chi connectivity index (χ1n) is 9.35. The van der Waals surface area contributed by atoms with Gasteiger partial charge in [0.1, 0.15) is 0 Å². The molecule has 0 aliphatic heterocycles. The highest BCUT2D eigenvalue weighted by Gasteiger charge is 2.13. The Kier molecular flexibility index (Phi) is 5.95. The fourth-order valence-electron chi connectivity index (χ4n) is 2.89. The highest BCUT2D eigenvalue weighted by molar-refractivity contribution is 6.81. The van der Waals surface area contributed by atoms with Crippen LogP contribution in [0.1, 0.15) is 27.8 Å². The maximum atomic E-state index is 8.87. The molecule has 0 radical (unpaired) electrons. The van der Waals surface area contributed by atoms with E-state index in [9.17, 15) is 0 Å². The number of rotatable bonds is 3. The minimum absolute atomic E-state index is 0.650. The largest absolute Gasteiger partial charge is 0.192 e. The molecule has 0 unspecified atom stereocenters. The van der Waals surface area contributed by atoms with E-state index in [1.54, 1.807) is 12.1 Å². The molecule has 0 saturated carbocycles. The molecular formula is C26H23NSi. The smallest absolute Gasteiger partial charge is 0.0991 e. The lowest BCUT2D eigenvalue weighted by Crippen LogP contribution is -2.17. The van der Waals surface area contributed by atoms with Crippen LogP contribution in [0.5, 0.6) is 0 Å². The molecule has 0 N–H and O–H groups in total. The Labute approximate surface area is 169 Å². The van der Waals surface area contributed by atoms with Gasteiger partial charge in [-0.05, 0) is 53.1 Å². The van der Waals surface area contributed by atoms with Gasteiger partial charge < -0.3 is 0 Å². The Morgan fingerprint density at radius 3 is 1.64 bits per heavy atom. The van der Waals surface area contributed by atoms with E-state index in [-0.39, 0.29) is 0 Å². The van der Waals surface area contributed by atoms with Crippen molar-refractivity contribution >= 4 is 13.6 Å². The summed E-state index contributed by atoms with van der Waals surface area (Å²) in [5.74, 6) is 6.37. The summed E-state index contributed by atoms with van der Waals surface area (Å²) in [7, 11) is -1.38. The molecule has 0 saturated heterocycles. The van der Waals surface area contributed by atoms with Gasteiger partial charge >= 0.3 is 0 Å². The summed E-state index contributed by atoms with van der Waals surface area (Å²) in [4.78, 5) is 0. The Balaban J connectivity index is 1.89. The monoisotopic (exact) mass is 377 g/mol. The standard InChI is InChI=1S/C26H23NSi/c1-28(2,3)20-26(24-7-5-4-6-8-24)25-17-15-22(16-18-25)10-9-21-11-13-23(19-27)14-12-21/h4-8,11-18,20H,1-3H3/b26-20-. The second-order valence-corrected chi connectivity index (χ2v) is 12.8. The summed E-state index contributed by atoms with van der Waals surface area (Å²) >= 11 is 0. The number of nitriles is 1. The van der Waals surface area contributed by atoms with Gasteiger partial charge in [-0.15, -0.1) is 0 Å². The molecule has 3 aromatic carbocycles. The molecule has 0 bridgehead atoms. The van der Waals surface area contributed by atoms with Crippen LogP contribution in [0.3, 0.4) is 0 Å². The van der Waals surface area contributed by atoms with E-state index in [4.69, 9.17) is 5.26 Å². The zero-order chi connectivity index (χ0) is 20.0. The predicted molar refractivity (Wildman–Crippen MR) is 120 cm³/mol. The van der Waals surface area contributed by atoms with Crippen LogP contribution < -0.4 is 0 Å². The molecular weight excluding hydrogens is 354 g/mol. The third kappa shape index (κ3) is 5.33. The summed E-state index contributed by atoms with van der Waals surface area (Å²) in [6.45, 7) is 7.06. The second kappa shape index (κ2) is 8.57. The van der Waals surface area contributed by atoms with Gasteiger partial charge in [-0.3, -0.25) is 0 Å². The molecule has 0 aliphatic rings. The van der Waals surface area contributed by atoms with Crippen LogP contribution in [0, 0.1) is 23.2 Å². The van der Waals surface area contributed by atoms with Crippen LogP contribution in [0.15, 0.2) is 84.6 Å². The highest BCUT2D eigenvalue weighted by atomic mass is 28.3. The van der Waals surface area contributed by atoms with Crippen LogP contribution in [-0.2, 0) is 0 Å². The topological polar surface area (TPSA) is 23.8 Å². The van der Waals surface area contributed by atoms with E-state index >= 15 is 0 Å². The summed E-state index contributed by atoms with van der Waals surface area (Å²) < 4.78 is 0. The number of nitrogens with zero attached hydrogens (tertiary/aromatic N) is 1. The predicted octanol–water partition coefficient (Wildman–Crippen LogP) is 6.27. The summed E-state index contributed by atoms with van der Waals surface area (Å²) in [6, 6.07) is 28.5. The summed E-state index contributed by atoms with van der Waals surface area (Å²) in [5, 5.41) is 8.87. The van der Waals surface area contributed by atoms with Gasteiger partial charge in [-0.2, -0.15) is 5.26 Å². The average Bonchev–Trinajstić information content (AvgIpc) is 2.71. The quantitative estimate of drug-likeness (QED) is 0.390. The minimum Gasteiger partial charge on any atom is -0.192 e. The molecule has 0 aromatic heterocycles. The molecule has 0 heterocycles. The fraction of sp³-hybridized carbons (Fsp3) is 0.115. The minimum atomic E-state index is -1.38. The maximum absolute atomic E-state index is 8.87. The van der Waals surface area contributed by atoms with Crippen LogP contribution in [0.25, 0.3) is 5.57 Å². The van der Waals surface area contributed by atoms with E-state index in [0.29, 0.717) is 5.56 Å². The third-order valence-corrected chi connectivity index (χ3v) is 5.38. The van der Waals surface area contributed by atoms with Crippen LogP contribution >= 0.6 is 0 Å². The van der Waals surface area contributed by atoms with Crippen molar-refractivity contribution < 1.29 is 0 Å². The van der Waals surface area contributed by atoms with Gasteiger partial charge in [0.25, 0.3) is 0 Å². The van der Waals surface area contributed by atoms with E-state index in [1.165, 1.54) is 16.7 Å². The highest BCUT2D eigenvalue weighted by Crippen LogP contribution is 2.26. The lowest BCUT2D eigenvalue weighted by molar-refractivity contribution is 1.48. The molecule has 0 spiro atoms. The SMILES string of the molecule is C[Si](C)(C)/C=C(/c1ccccc1)c1ccc(C#Cc2ccc(C#N)cc2)cc1. The Morgan fingerprint density at radius 2 is 1.14 bits per heavy atom. The van der Waals surface area contributed by atoms with Gasteiger partial charge in [-0.25, -0.2) is 0 Å². The Hall–Kier alpha value is -3.33. The molecule has 2 heteroatoms. The van der Waals surface area contributed by atoms with Gasteiger partial charge in [-0.1, -0.05) is 79.6 Å². The van der Waals surface area contributed by atoms with Crippen LogP contribution in [-0.4, -0.2) is 8.07 Å². The first-order valence-corrected chi connectivity index (χ1v) is 12.9. The van der Waals surface area contributed by atoms with E-state index in [0.717, 1.165) is 11.1 Å². The second-order valence-electron chi connectivity index (χ2n) is 7.81. The van der Waals surface area contributed by atoms with Gasteiger partial charge in [0.05, 0.1) is 19.7 Å². The molecule has 0 fully saturated rings. The molecule has 3 rings (SSSR count). The fourth-order valence-corrected chi connectivity index (χ4v) is 4.09. The average molecular weight is 378 g/mol.